The lowest BCUT2D eigenvalue weighted by molar-refractivity contribution is 0.780. The van der Waals surface area contributed by atoms with Gasteiger partial charge in [-0.1, -0.05) is 13.0 Å². The van der Waals surface area contributed by atoms with Crippen LogP contribution in [0.1, 0.15) is 24.0 Å². The van der Waals surface area contributed by atoms with Crippen molar-refractivity contribution in [2.24, 2.45) is 0 Å². The lowest BCUT2D eigenvalue weighted by Crippen LogP contribution is -2.01. The van der Waals surface area contributed by atoms with Gasteiger partial charge in [-0.15, -0.1) is 22.7 Å². The molecule has 3 heterocycles. The zero-order chi connectivity index (χ0) is 13.1. The summed E-state index contributed by atoms with van der Waals surface area (Å²) in [5.74, 6) is 1.03. The van der Waals surface area contributed by atoms with E-state index >= 15 is 0 Å². The molecule has 3 aromatic rings. The highest BCUT2D eigenvalue weighted by Gasteiger charge is 2.09. The van der Waals surface area contributed by atoms with Crippen molar-refractivity contribution in [1.82, 2.24) is 14.5 Å². The Kier molecular flexibility index (Phi) is 3.75. The first-order valence-electron chi connectivity index (χ1n) is 6.35. The van der Waals surface area contributed by atoms with Gasteiger partial charge in [-0.25, -0.2) is 9.97 Å². The van der Waals surface area contributed by atoms with E-state index in [1.807, 2.05) is 12.4 Å². The van der Waals surface area contributed by atoms with Crippen LogP contribution in [0.4, 0.5) is 0 Å². The molecule has 0 radical (unpaired) electrons. The van der Waals surface area contributed by atoms with Crippen LogP contribution >= 0.6 is 22.7 Å². The second-order valence-electron chi connectivity index (χ2n) is 4.34. The van der Waals surface area contributed by atoms with Gasteiger partial charge in [0.1, 0.15) is 5.82 Å². The van der Waals surface area contributed by atoms with Crippen molar-refractivity contribution in [3.05, 3.63) is 46.0 Å². The van der Waals surface area contributed by atoms with Gasteiger partial charge in [0.05, 0.1) is 22.1 Å². The van der Waals surface area contributed by atoms with Gasteiger partial charge in [0.25, 0.3) is 0 Å². The quantitative estimate of drug-likeness (QED) is 0.709. The maximum absolute atomic E-state index is 4.67. The second kappa shape index (κ2) is 5.67. The Morgan fingerprint density at radius 1 is 1.32 bits per heavy atom. The predicted molar refractivity (Wildman–Crippen MR) is 80.8 cm³/mol. The van der Waals surface area contributed by atoms with Gasteiger partial charge in [-0.3, -0.25) is 0 Å². The van der Waals surface area contributed by atoms with E-state index in [0.717, 1.165) is 30.9 Å². The van der Waals surface area contributed by atoms with E-state index in [9.17, 15) is 0 Å². The second-order valence-corrected chi connectivity index (χ2v) is 6.23. The summed E-state index contributed by atoms with van der Waals surface area (Å²) in [5.41, 5.74) is 1.13. The smallest absolute Gasteiger partial charge is 0.150 e. The summed E-state index contributed by atoms with van der Waals surface area (Å²) in [6, 6.07) is 4.16. The predicted octanol–water partition coefficient (Wildman–Crippen LogP) is 4.07. The van der Waals surface area contributed by atoms with Crippen LogP contribution in [0.2, 0.25) is 0 Å². The Bertz CT molecular complexity index is 637. The van der Waals surface area contributed by atoms with Gasteiger partial charge in [-0.2, -0.15) is 0 Å². The van der Waals surface area contributed by atoms with Gasteiger partial charge in [0.15, 0.2) is 0 Å². The number of hydrogen-bond donors (Lipinski definition) is 0. The van der Waals surface area contributed by atoms with Gasteiger partial charge in [-0.05, 0) is 24.3 Å². The van der Waals surface area contributed by atoms with E-state index in [1.165, 1.54) is 9.88 Å². The van der Waals surface area contributed by atoms with E-state index < -0.39 is 0 Å². The fourth-order valence-corrected chi connectivity index (χ4v) is 3.62. The van der Waals surface area contributed by atoms with Crippen molar-refractivity contribution >= 4 is 22.7 Å². The van der Waals surface area contributed by atoms with Crippen LogP contribution in [0.5, 0.6) is 0 Å². The molecule has 3 aromatic heterocycles. The molecule has 5 heteroatoms. The molecule has 19 heavy (non-hydrogen) atoms. The third-order valence-electron chi connectivity index (χ3n) is 2.85. The minimum Gasteiger partial charge on any atom is -0.324 e. The number of imidazole rings is 1. The van der Waals surface area contributed by atoms with Crippen molar-refractivity contribution in [2.75, 3.05) is 0 Å². The SMILES string of the molecule is CCCc1nc(Cn2ccnc2-c2cccs2)cs1. The molecule has 0 bridgehead atoms. The van der Waals surface area contributed by atoms with Gasteiger partial charge in [0, 0.05) is 17.8 Å². The lowest BCUT2D eigenvalue weighted by atomic mass is 10.3. The highest BCUT2D eigenvalue weighted by Crippen LogP contribution is 2.23. The molecule has 98 valence electrons. The molecular weight excluding hydrogens is 274 g/mol. The maximum Gasteiger partial charge on any atom is 0.150 e. The van der Waals surface area contributed by atoms with E-state index in [0.29, 0.717) is 0 Å². The van der Waals surface area contributed by atoms with Gasteiger partial charge in [0.2, 0.25) is 0 Å². The third kappa shape index (κ3) is 2.77. The topological polar surface area (TPSA) is 30.7 Å². The molecule has 0 fully saturated rings. The Labute approximate surface area is 120 Å². The summed E-state index contributed by atoms with van der Waals surface area (Å²) in [4.78, 5) is 10.3. The number of nitrogens with zero attached hydrogens (tertiary/aromatic N) is 3. The number of rotatable bonds is 5. The van der Waals surface area contributed by atoms with Gasteiger partial charge >= 0.3 is 0 Å². The van der Waals surface area contributed by atoms with Crippen LogP contribution in [0.3, 0.4) is 0 Å². The summed E-state index contributed by atoms with van der Waals surface area (Å²) in [7, 11) is 0. The molecule has 0 aliphatic carbocycles. The van der Waals surface area contributed by atoms with Crippen LogP contribution in [0.15, 0.2) is 35.3 Å². The number of hydrogen-bond acceptors (Lipinski definition) is 4. The molecule has 0 spiro atoms. The Hall–Kier alpha value is -1.46. The number of thiophene rings is 1. The Balaban J connectivity index is 1.81. The molecule has 0 saturated heterocycles. The highest BCUT2D eigenvalue weighted by molar-refractivity contribution is 7.13. The summed E-state index contributed by atoms with van der Waals surface area (Å²) in [6.45, 7) is 2.99. The fourth-order valence-electron chi connectivity index (χ4n) is 1.99. The van der Waals surface area contributed by atoms with Crippen molar-refractivity contribution in [1.29, 1.82) is 0 Å². The van der Waals surface area contributed by atoms with Crippen LogP contribution in [0.25, 0.3) is 10.7 Å². The van der Waals surface area contributed by atoms with Crippen LogP contribution < -0.4 is 0 Å². The molecule has 0 saturated carbocycles. The summed E-state index contributed by atoms with van der Waals surface area (Å²) < 4.78 is 2.16. The van der Waals surface area contributed by atoms with E-state index in [4.69, 9.17) is 0 Å². The molecule has 3 nitrogen and oxygen atoms in total. The Morgan fingerprint density at radius 2 is 2.26 bits per heavy atom. The molecule has 0 aromatic carbocycles. The van der Waals surface area contributed by atoms with E-state index in [-0.39, 0.29) is 0 Å². The van der Waals surface area contributed by atoms with Crippen molar-refractivity contribution < 1.29 is 0 Å². The van der Waals surface area contributed by atoms with Crippen molar-refractivity contribution in [2.45, 2.75) is 26.3 Å². The molecule has 0 aliphatic rings. The fraction of sp³-hybridized carbons (Fsp3) is 0.286. The molecule has 0 aliphatic heterocycles. The number of thiazole rings is 1. The largest absolute Gasteiger partial charge is 0.324 e. The summed E-state index contributed by atoms with van der Waals surface area (Å²) >= 11 is 3.47. The van der Waals surface area contributed by atoms with Crippen LogP contribution in [-0.2, 0) is 13.0 Å². The molecule has 0 N–H and O–H groups in total. The highest BCUT2D eigenvalue weighted by atomic mass is 32.1. The first kappa shape index (κ1) is 12.6. The normalized spacial score (nSPS) is 11.0. The standard InChI is InChI=1S/C14H15N3S2/c1-2-4-13-16-11(10-19-13)9-17-7-6-15-14(17)12-5-3-8-18-12/h3,5-8,10H,2,4,9H2,1H3. The zero-order valence-corrected chi connectivity index (χ0v) is 12.4. The molecule has 0 atom stereocenters. The first-order valence-corrected chi connectivity index (χ1v) is 8.11. The molecule has 0 amide bonds. The third-order valence-corrected chi connectivity index (χ3v) is 4.68. The Morgan fingerprint density at radius 3 is 3.05 bits per heavy atom. The van der Waals surface area contributed by atoms with Crippen molar-refractivity contribution in [3.63, 3.8) is 0 Å². The number of aryl methyl sites for hydroxylation is 1. The zero-order valence-electron chi connectivity index (χ0n) is 10.7. The molecule has 3 rings (SSSR count). The van der Waals surface area contributed by atoms with E-state index in [2.05, 4.69) is 44.4 Å². The van der Waals surface area contributed by atoms with Crippen LogP contribution in [-0.4, -0.2) is 14.5 Å². The average molecular weight is 289 g/mol. The summed E-state index contributed by atoms with van der Waals surface area (Å²) in [5, 5.41) is 5.47. The monoisotopic (exact) mass is 289 g/mol. The first-order chi connectivity index (χ1) is 9.36. The minimum absolute atomic E-state index is 0.799. The van der Waals surface area contributed by atoms with Gasteiger partial charge < -0.3 is 4.57 Å². The molecular formula is C14H15N3S2. The minimum atomic E-state index is 0.799. The van der Waals surface area contributed by atoms with E-state index in [1.54, 1.807) is 22.7 Å². The number of aromatic nitrogens is 3. The lowest BCUT2D eigenvalue weighted by Gasteiger charge is -2.03. The maximum atomic E-state index is 4.67. The van der Waals surface area contributed by atoms with Crippen LogP contribution in [0, 0.1) is 0 Å². The average Bonchev–Trinajstić information content (AvgIpc) is 3.11. The summed E-state index contributed by atoms with van der Waals surface area (Å²) in [6.07, 6.45) is 6.10. The van der Waals surface area contributed by atoms with Crippen molar-refractivity contribution in [3.8, 4) is 10.7 Å². The molecule has 0 unspecified atom stereocenters.